The van der Waals surface area contributed by atoms with Crippen molar-refractivity contribution >= 4 is 51.6 Å². The van der Waals surface area contributed by atoms with E-state index in [1.165, 1.54) is 11.8 Å². The number of hydrogen-bond donors (Lipinski definition) is 2. The number of benzene rings is 3. The van der Waals surface area contributed by atoms with Crippen molar-refractivity contribution in [3.05, 3.63) is 71.2 Å². The van der Waals surface area contributed by atoms with Crippen LogP contribution >= 0.6 is 23.4 Å². The van der Waals surface area contributed by atoms with E-state index in [1.54, 1.807) is 24.3 Å². The van der Waals surface area contributed by atoms with Gasteiger partial charge in [-0.15, -0.1) is 11.8 Å². The van der Waals surface area contributed by atoms with Crippen molar-refractivity contribution in [2.75, 3.05) is 17.6 Å². The molecule has 0 saturated heterocycles. The van der Waals surface area contributed by atoms with E-state index >= 15 is 0 Å². The number of hydrogen-bond acceptors (Lipinski definition) is 3. The topological polar surface area (TPSA) is 58.2 Å². The predicted octanol–water partition coefficient (Wildman–Crippen LogP) is 4.97. The number of carbonyl (C=O) groups excluding carboxylic acids is 2. The molecule has 6 heteroatoms. The van der Waals surface area contributed by atoms with E-state index in [4.69, 9.17) is 11.6 Å². The van der Waals surface area contributed by atoms with Gasteiger partial charge in [-0.1, -0.05) is 41.9 Å². The Labute approximate surface area is 167 Å². The molecule has 3 aromatic rings. The van der Waals surface area contributed by atoms with Gasteiger partial charge in [0.25, 0.3) is 5.91 Å². The molecule has 4 nitrogen and oxygen atoms in total. The second-order valence-corrected chi connectivity index (χ2v) is 7.30. The zero-order chi connectivity index (χ0) is 19.2. The van der Waals surface area contributed by atoms with Crippen molar-refractivity contribution in [1.29, 1.82) is 0 Å². The Morgan fingerprint density at radius 2 is 1.78 bits per heavy atom. The number of amides is 2. The number of nitrogens with one attached hydrogen (secondary N) is 2. The van der Waals surface area contributed by atoms with Gasteiger partial charge in [0.05, 0.1) is 5.75 Å². The zero-order valence-electron chi connectivity index (χ0n) is 14.8. The molecule has 0 aliphatic rings. The number of halogens is 1. The van der Waals surface area contributed by atoms with E-state index in [9.17, 15) is 9.59 Å². The largest absolute Gasteiger partial charge is 0.352 e. The number of rotatable bonds is 6. The molecule has 0 radical (unpaired) electrons. The fourth-order valence-corrected chi connectivity index (χ4v) is 3.97. The summed E-state index contributed by atoms with van der Waals surface area (Å²) in [6.45, 7) is 2.42. The molecule has 0 fully saturated rings. The van der Waals surface area contributed by atoms with Crippen molar-refractivity contribution in [2.24, 2.45) is 0 Å². The van der Waals surface area contributed by atoms with Gasteiger partial charge in [0.2, 0.25) is 5.91 Å². The number of carbonyl (C=O) groups is 2. The van der Waals surface area contributed by atoms with Crippen LogP contribution in [0.25, 0.3) is 10.8 Å². The fourth-order valence-electron chi connectivity index (χ4n) is 2.72. The third-order valence-electron chi connectivity index (χ3n) is 3.92. The van der Waals surface area contributed by atoms with Gasteiger partial charge in [0.15, 0.2) is 0 Å². The Balaban J connectivity index is 1.67. The van der Waals surface area contributed by atoms with Crippen molar-refractivity contribution < 1.29 is 9.59 Å². The fraction of sp³-hybridized carbons (Fsp3) is 0.143. The van der Waals surface area contributed by atoms with Crippen molar-refractivity contribution in [2.45, 2.75) is 11.8 Å². The lowest BCUT2D eigenvalue weighted by Gasteiger charge is -2.09. The van der Waals surface area contributed by atoms with Gasteiger partial charge in [-0.05, 0) is 42.6 Å². The first-order valence-electron chi connectivity index (χ1n) is 8.56. The van der Waals surface area contributed by atoms with Gasteiger partial charge in [-0.25, -0.2) is 0 Å². The lowest BCUT2D eigenvalue weighted by molar-refractivity contribution is -0.113. The van der Waals surface area contributed by atoms with Gasteiger partial charge in [-0.2, -0.15) is 0 Å². The zero-order valence-corrected chi connectivity index (χ0v) is 16.4. The Hall–Kier alpha value is -2.50. The van der Waals surface area contributed by atoms with Crippen LogP contribution in [-0.2, 0) is 4.79 Å². The molecule has 0 bridgehead atoms. The van der Waals surface area contributed by atoms with Gasteiger partial charge in [-0.3, -0.25) is 9.59 Å². The molecule has 0 saturated carbocycles. The van der Waals surface area contributed by atoms with E-state index in [0.717, 1.165) is 15.7 Å². The molecule has 0 unspecified atom stereocenters. The van der Waals surface area contributed by atoms with E-state index < -0.39 is 0 Å². The molecule has 0 aliphatic heterocycles. The van der Waals surface area contributed by atoms with Gasteiger partial charge >= 0.3 is 0 Å². The summed E-state index contributed by atoms with van der Waals surface area (Å²) in [5.74, 6) is -0.0547. The molecule has 138 valence electrons. The molecule has 3 rings (SSSR count). The third-order valence-corrected chi connectivity index (χ3v) is 5.29. The molecule has 27 heavy (non-hydrogen) atoms. The Bertz CT molecular complexity index is 986. The third kappa shape index (κ3) is 4.81. The van der Waals surface area contributed by atoms with Crippen molar-refractivity contribution in [3.63, 3.8) is 0 Å². The molecular weight excluding hydrogens is 380 g/mol. The van der Waals surface area contributed by atoms with Gasteiger partial charge < -0.3 is 10.6 Å². The molecule has 2 N–H and O–H groups in total. The van der Waals surface area contributed by atoms with E-state index in [0.29, 0.717) is 22.8 Å². The summed E-state index contributed by atoms with van der Waals surface area (Å²) in [6, 6.07) is 18.6. The summed E-state index contributed by atoms with van der Waals surface area (Å²) in [4.78, 5) is 25.2. The number of anilines is 1. The average Bonchev–Trinajstić information content (AvgIpc) is 2.67. The maximum Gasteiger partial charge on any atom is 0.251 e. The summed E-state index contributed by atoms with van der Waals surface area (Å²) in [5.41, 5.74) is 1.11. The summed E-state index contributed by atoms with van der Waals surface area (Å²) >= 11 is 7.76. The molecule has 3 aromatic carbocycles. The second kappa shape index (κ2) is 8.93. The lowest BCUT2D eigenvalue weighted by Crippen LogP contribution is -2.23. The standard InChI is InChI=1S/C21H19ClN2O2S/c1-2-23-21(26)15-8-3-9-16(12-15)24-19(25)13-27-18-11-5-7-14-6-4-10-17(22)20(14)18/h3-12H,2,13H2,1H3,(H,23,26)(H,24,25). The van der Waals surface area contributed by atoms with Crippen LogP contribution in [0, 0.1) is 0 Å². The first kappa shape index (κ1) is 19.3. The lowest BCUT2D eigenvalue weighted by atomic mass is 10.1. The summed E-state index contributed by atoms with van der Waals surface area (Å²) in [7, 11) is 0. The highest BCUT2D eigenvalue weighted by Crippen LogP contribution is 2.33. The van der Waals surface area contributed by atoms with Crippen LogP contribution in [0.15, 0.2) is 65.6 Å². The molecule has 0 aliphatic carbocycles. The van der Waals surface area contributed by atoms with Gasteiger partial charge in [0, 0.05) is 33.1 Å². The van der Waals surface area contributed by atoms with E-state index in [1.807, 2.05) is 43.3 Å². The quantitative estimate of drug-likeness (QED) is 0.576. The molecule has 0 spiro atoms. The van der Waals surface area contributed by atoms with Crippen molar-refractivity contribution in [1.82, 2.24) is 5.32 Å². The highest BCUT2D eigenvalue weighted by atomic mass is 35.5. The Morgan fingerprint density at radius 1 is 1.04 bits per heavy atom. The maximum atomic E-state index is 12.3. The molecule has 0 heterocycles. The number of thioether (sulfide) groups is 1. The normalized spacial score (nSPS) is 10.6. The van der Waals surface area contributed by atoms with Crippen LogP contribution in [-0.4, -0.2) is 24.1 Å². The van der Waals surface area contributed by atoms with E-state index in [2.05, 4.69) is 10.6 Å². The van der Waals surface area contributed by atoms with Crippen LogP contribution in [0.5, 0.6) is 0 Å². The van der Waals surface area contributed by atoms with Crippen LogP contribution in [0.3, 0.4) is 0 Å². The summed E-state index contributed by atoms with van der Waals surface area (Å²) in [5, 5.41) is 8.25. The first-order chi connectivity index (χ1) is 13.1. The SMILES string of the molecule is CCNC(=O)c1cccc(NC(=O)CSc2cccc3cccc(Cl)c23)c1. The van der Waals surface area contributed by atoms with E-state index in [-0.39, 0.29) is 17.6 Å². The first-order valence-corrected chi connectivity index (χ1v) is 9.93. The summed E-state index contributed by atoms with van der Waals surface area (Å²) < 4.78 is 0. The van der Waals surface area contributed by atoms with Crippen LogP contribution in [0.4, 0.5) is 5.69 Å². The van der Waals surface area contributed by atoms with Crippen molar-refractivity contribution in [3.8, 4) is 0 Å². The monoisotopic (exact) mass is 398 g/mol. The maximum absolute atomic E-state index is 12.3. The number of fused-ring (bicyclic) bond motifs is 1. The highest BCUT2D eigenvalue weighted by Gasteiger charge is 2.10. The minimum atomic E-state index is -0.159. The summed E-state index contributed by atoms with van der Waals surface area (Å²) in [6.07, 6.45) is 0. The second-order valence-electron chi connectivity index (χ2n) is 5.87. The van der Waals surface area contributed by atoms with Gasteiger partial charge in [0.1, 0.15) is 0 Å². The molecule has 0 atom stereocenters. The average molecular weight is 399 g/mol. The smallest absolute Gasteiger partial charge is 0.251 e. The molecule has 0 aromatic heterocycles. The van der Waals surface area contributed by atoms with Crippen LogP contribution in [0.1, 0.15) is 17.3 Å². The van der Waals surface area contributed by atoms with Crippen LogP contribution < -0.4 is 10.6 Å². The Kier molecular flexibility index (Phi) is 6.37. The minimum Gasteiger partial charge on any atom is -0.352 e. The van der Waals surface area contributed by atoms with Crippen LogP contribution in [0.2, 0.25) is 5.02 Å². The molecule has 2 amide bonds. The Morgan fingerprint density at radius 3 is 2.56 bits per heavy atom. The minimum absolute atomic E-state index is 0.142. The predicted molar refractivity (Wildman–Crippen MR) is 113 cm³/mol. The highest BCUT2D eigenvalue weighted by molar-refractivity contribution is 8.00. The molecular formula is C21H19ClN2O2S.